The van der Waals surface area contributed by atoms with Gasteiger partial charge in [0.05, 0.1) is 12.7 Å². The van der Waals surface area contributed by atoms with Crippen LogP contribution in [0.2, 0.25) is 0 Å². The van der Waals surface area contributed by atoms with Crippen LogP contribution in [0.5, 0.6) is 0 Å². The van der Waals surface area contributed by atoms with Gasteiger partial charge >= 0.3 is 6.18 Å². The molecule has 0 bridgehead atoms. The first-order valence-corrected chi connectivity index (χ1v) is 8.66. The number of likely N-dealkylation sites (tertiary alicyclic amines) is 1. The summed E-state index contributed by atoms with van der Waals surface area (Å²) < 4.78 is 40.5. The van der Waals surface area contributed by atoms with E-state index in [0.29, 0.717) is 25.0 Å². The average molecular weight is 354 g/mol. The third kappa shape index (κ3) is 3.42. The second-order valence-electron chi connectivity index (χ2n) is 7.02. The molecule has 2 aromatic heterocycles. The molecule has 136 valence electrons. The Balaban J connectivity index is 1.45. The minimum Gasteiger partial charge on any atom is -0.338 e. The highest BCUT2D eigenvalue weighted by Gasteiger charge is 2.35. The molecule has 25 heavy (non-hydrogen) atoms. The number of hydrogen-bond acceptors (Lipinski definition) is 4. The van der Waals surface area contributed by atoms with E-state index >= 15 is 0 Å². The van der Waals surface area contributed by atoms with Crippen molar-refractivity contribution in [3.05, 3.63) is 29.4 Å². The Labute approximate surface area is 143 Å². The lowest BCUT2D eigenvalue weighted by molar-refractivity contribution is -0.141. The number of aryl methyl sites for hydroxylation is 1. The van der Waals surface area contributed by atoms with Gasteiger partial charge in [-0.15, -0.1) is 10.2 Å². The second-order valence-corrected chi connectivity index (χ2v) is 7.02. The Morgan fingerprint density at radius 1 is 1.24 bits per heavy atom. The number of rotatable bonds is 4. The third-order valence-corrected chi connectivity index (χ3v) is 5.01. The maximum absolute atomic E-state index is 12.8. The molecule has 2 fully saturated rings. The normalized spacial score (nSPS) is 22.5. The fourth-order valence-electron chi connectivity index (χ4n) is 3.64. The van der Waals surface area contributed by atoms with Gasteiger partial charge in [0, 0.05) is 18.5 Å². The van der Waals surface area contributed by atoms with Gasteiger partial charge in [-0.2, -0.15) is 13.2 Å². The van der Waals surface area contributed by atoms with E-state index < -0.39 is 11.9 Å². The molecule has 0 spiro atoms. The van der Waals surface area contributed by atoms with E-state index in [4.69, 9.17) is 0 Å². The molecule has 3 heterocycles. The average Bonchev–Trinajstić information content (AvgIpc) is 3.13. The van der Waals surface area contributed by atoms with Gasteiger partial charge in [-0.05, 0) is 39.2 Å². The largest absolute Gasteiger partial charge is 0.432 e. The molecule has 1 aliphatic heterocycles. The van der Waals surface area contributed by atoms with Crippen LogP contribution in [-0.4, -0.2) is 42.7 Å². The second kappa shape index (κ2) is 6.12. The summed E-state index contributed by atoms with van der Waals surface area (Å²) in [4.78, 5) is 8.67. The summed E-state index contributed by atoms with van der Waals surface area (Å²) in [5, 5.41) is 8.50. The molecule has 2 aromatic rings. The van der Waals surface area contributed by atoms with Gasteiger partial charge in [0.15, 0.2) is 0 Å². The number of aromatic amines is 1. The molecule has 1 aliphatic carbocycles. The van der Waals surface area contributed by atoms with E-state index in [1.807, 2.05) is 6.92 Å². The molecule has 1 saturated heterocycles. The molecule has 2 aliphatic rings. The molecule has 6 nitrogen and oxygen atoms in total. The zero-order chi connectivity index (χ0) is 17.6. The molecular formula is C16H21F3N6. The maximum atomic E-state index is 12.8. The van der Waals surface area contributed by atoms with E-state index in [0.717, 1.165) is 37.2 Å². The standard InChI is InChI=1S/C16H21F3N6/c1-10-22-23-14(25(10)12-4-5-12)9-24-6-2-3-11(8-24)15-20-7-13(21-15)16(17,18)19/h7,11-12H,2-6,8-9H2,1H3,(H,20,21). The van der Waals surface area contributed by atoms with Crippen molar-refractivity contribution in [2.45, 2.75) is 57.3 Å². The highest BCUT2D eigenvalue weighted by atomic mass is 19.4. The first-order chi connectivity index (χ1) is 11.9. The number of nitrogens with zero attached hydrogens (tertiary/aromatic N) is 5. The molecule has 1 saturated carbocycles. The van der Waals surface area contributed by atoms with Crippen LogP contribution in [0.3, 0.4) is 0 Å². The third-order valence-electron chi connectivity index (χ3n) is 5.01. The van der Waals surface area contributed by atoms with Crippen LogP contribution in [0.15, 0.2) is 6.20 Å². The summed E-state index contributed by atoms with van der Waals surface area (Å²) in [5.41, 5.74) is -0.774. The number of nitrogens with one attached hydrogen (secondary N) is 1. The molecule has 1 unspecified atom stereocenters. The van der Waals surface area contributed by atoms with E-state index in [-0.39, 0.29) is 5.92 Å². The number of halogens is 3. The van der Waals surface area contributed by atoms with E-state index in [1.54, 1.807) is 0 Å². The smallest absolute Gasteiger partial charge is 0.338 e. The molecule has 0 aromatic carbocycles. The first-order valence-electron chi connectivity index (χ1n) is 8.66. The van der Waals surface area contributed by atoms with Gasteiger partial charge in [-0.1, -0.05) is 0 Å². The number of imidazole rings is 1. The van der Waals surface area contributed by atoms with Crippen molar-refractivity contribution in [1.82, 2.24) is 29.6 Å². The van der Waals surface area contributed by atoms with Crippen molar-refractivity contribution in [3.8, 4) is 0 Å². The maximum Gasteiger partial charge on any atom is 0.432 e. The van der Waals surface area contributed by atoms with Gasteiger partial charge in [-0.3, -0.25) is 4.90 Å². The van der Waals surface area contributed by atoms with Crippen molar-refractivity contribution >= 4 is 0 Å². The Hall–Kier alpha value is -1.90. The lowest BCUT2D eigenvalue weighted by Gasteiger charge is -2.31. The van der Waals surface area contributed by atoms with E-state index in [9.17, 15) is 13.2 Å². The predicted molar refractivity (Wildman–Crippen MR) is 83.9 cm³/mol. The number of alkyl halides is 3. The molecule has 0 amide bonds. The highest BCUT2D eigenvalue weighted by Crippen LogP contribution is 2.37. The molecule has 1 atom stereocenters. The van der Waals surface area contributed by atoms with Gasteiger partial charge in [0.25, 0.3) is 0 Å². The van der Waals surface area contributed by atoms with Crippen molar-refractivity contribution in [2.24, 2.45) is 0 Å². The number of hydrogen-bond donors (Lipinski definition) is 1. The molecular weight excluding hydrogens is 333 g/mol. The Bertz CT molecular complexity index is 745. The van der Waals surface area contributed by atoms with Crippen LogP contribution >= 0.6 is 0 Å². The van der Waals surface area contributed by atoms with Crippen molar-refractivity contribution in [3.63, 3.8) is 0 Å². The van der Waals surface area contributed by atoms with Crippen LogP contribution in [0.1, 0.15) is 60.8 Å². The molecule has 1 N–H and O–H groups in total. The van der Waals surface area contributed by atoms with E-state index in [2.05, 4.69) is 29.6 Å². The quantitative estimate of drug-likeness (QED) is 0.917. The minimum atomic E-state index is -4.38. The zero-order valence-corrected chi connectivity index (χ0v) is 14.1. The molecule has 4 rings (SSSR count). The summed E-state index contributed by atoms with van der Waals surface area (Å²) in [6.07, 6.45) is 0.625. The summed E-state index contributed by atoms with van der Waals surface area (Å²) >= 11 is 0. The van der Waals surface area contributed by atoms with Gasteiger partial charge in [0.2, 0.25) is 0 Å². The summed E-state index contributed by atoms with van der Waals surface area (Å²) in [6.45, 7) is 4.25. The summed E-state index contributed by atoms with van der Waals surface area (Å²) in [7, 11) is 0. The highest BCUT2D eigenvalue weighted by molar-refractivity contribution is 5.10. The Morgan fingerprint density at radius 3 is 2.72 bits per heavy atom. The topological polar surface area (TPSA) is 62.6 Å². The van der Waals surface area contributed by atoms with Crippen LogP contribution in [0.4, 0.5) is 13.2 Å². The fourth-order valence-corrected chi connectivity index (χ4v) is 3.64. The molecule has 0 radical (unpaired) electrons. The predicted octanol–water partition coefficient (Wildman–Crippen LogP) is 3.04. The first kappa shape index (κ1) is 16.6. The number of H-pyrrole nitrogens is 1. The SMILES string of the molecule is Cc1nnc(CN2CCCC(c3ncc(C(F)(F)F)[nH]3)C2)n1C1CC1. The van der Waals surface area contributed by atoms with Gasteiger partial charge in [-0.25, -0.2) is 4.98 Å². The van der Waals surface area contributed by atoms with Gasteiger partial charge < -0.3 is 9.55 Å². The summed E-state index contributed by atoms with van der Waals surface area (Å²) in [5.74, 6) is 2.31. The fraction of sp³-hybridized carbons (Fsp3) is 0.688. The lowest BCUT2D eigenvalue weighted by Crippen LogP contribution is -2.35. The van der Waals surface area contributed by atoms with Crippen molar-refractivity contribution < 1.29 is 13.2 Å². The Morgan fingerprint density at radius 2 is 2.04 bits per heavy atom. The van der Waals surface area contributed by atoms with Gasteiger partial charge in [0.1, 0.15) is 23.2 Å². The zero-order valence-electron chi connectivity index (χ0n) is 14.1. The monoisotopic (exact) mass is 354 g/mol. The van der Waals surface area contributed by atoms with Crippen LogP contribution in [0, 0.1) is 6.92 Å². The van der Waals surface area contributed by atoms with E-state index in [1.165, 1.54) is 12.8 Å². The Kier molecular flexibility index (Phi) is 4.05. The van der Waals surface area contributed by atoms with Crippen molar-refractivity contribution in [1.29, 1.82) is 0 Å². The number of aromatic nitrogens is 5. The summed E-state index contributed by atoms with van der Waals surface area (Å²) in [6, 6.07) is 0.519. The van der Waals surface area contributed by atoms with Crippen LogP contribution < -0.4 is 0 Å². The lowest BCUT2D eigenvalue weighted by atomic mass is 9.97. The molecule has 9 heteroatoms. The van der Waals surface area contributed by atoms with Crippen molar-refractivity contribution in [2.75, 3.05) is 13.1 Å². The number of piperidine rings is 1. The van der Waals surface area contributed by atoms with Crippen LogP contribution in [0.25, 0.3) is 0 Å². The van der Waals surface area contributed by atoms with Crippen LogP contribution in [-0.2, 0) is 12.7 Å². The minimum absolute atomic E-state index is 0.0109.